The van der Waals surface area contributed by atoms with E-state index >= 15 is 0 Å². The van der Waals surface area contributed by atoms with Crippen LogP contribution in [0.4, 0.5) is 29.2 Å². The molecule has 0 atom stereocenters. The number of rotatable bonds is 4. The number of nitrogens with one attached hydrogen (secondary N) is 2. The van der Waals surface area contributed by atoms with Crippen molar-refractivity contribution in [1.82, 2.24) is 19.4 Å². The van der Waals surface area contributed by atoms with Crippen molar-refractivity contribution in [3.8, 4) is 5.75 Å². The standard InChI is InChI=1S/C20H12BrF4N5OS/c21-13-5-11(20(23,24)25)6-15-18(13)29-19(28-15)27-12-1-2-16(14(22)7-12)31-30-4-3-17-10(9-30)8-26-32-17/h1-8H,9H2,(H2,27,28,29). The van der Waals surface area contributed by atoms with Gasteiger partial charge in [-0.3, -0.25) is 0 Å². The van der Waals surface area contributed by atoms with Gasteiger partial charge in [0.1, 0.15) is 0 Å². The van der Waals surface area contributed by atoms with E-state index in [-0.39, 0.29) is 21.7 Å². The molecule has 12 heteroatoms. The fourth-order valence-electron chi connectivity index (χ4n) is 3.17. The van der Waals surface area contributed by atoms with Crippen molar-refractivity contribution in [2.75, 3.05) is 5.32 Å². The van der Waals surface area contributed by atoms with Crippen LogP contribution in [0.15, 0.2) is 47.2 Å². The van der Waals surface area contributed by atoms with E-state index in [2.05, 4.69) is 35.6 Å². The first-order chi connectivity index (χ1) is 15.3. The molecule has 0 fully saturated rings. The van der Waals surface area contributed by atoms with Crippen molar-refractivity contribution in [1.29, 1.82) is 0 Å². The average Bonchev–Trinajstić information content (AvgIpc) is 3.35. The van der Waals surface area contributed by atoms with Gasteiger partial charge in [-0.25, -0.2) is 18.8 Å². The Balaban J connectivity index is 1.33. The third-order valence-electron chi connectivity index (χ3n) is 4.68. The minimum atomic E-state index is -4.49. The fourth-order valence-corrected chi connectivity index (χ4v) is 4.37. The molecule has 1 aliphatic heterocycles. The van der Waals surface area contributed by atoms with Gasteiger partial charge >= 0.3 is 6.18 Å². The highest BCUT2D eigenvalue weighted by molar-refractivity contribution is 9.10. The molecule has 0 amide bonds. The predicted molar refractivity (Wildman–Crippen MR) is 116 cm³/mol. The van der Waals surface area contributed by atoms with Crippen LogP contribution in [0, 0.1) is 5.82 Å². The van der Waals surface area contributed by atoms with E-state index < -0.39 is 17.6 Å². The molecule has 2 aromatic carbocycles. The SMILES string of the molecule is Fc1cc(Nc2nc3cc(C(F)(F)F)cc(Br)c3[nH]2)ccc1ON1C=Cc2sncc2C1. The lowest BCUT2D eigenvalue weighted by molar-refractivity contribution is -0.137. The van der Waals surface area contributed by atoms with Crippen molar-refractivity contribution in [3.63, 3.8) is 0 Å². The van der Waals surface area contributed by atoms with Crippen LogP contribution in [0.3, 0.4) is 0 Å². The van der Waals surface area contributed by atoms with Gasteiger partial charge in [0.15, 0.2) is 11.6 Å². The van der Waals surface area contributed by atoms with Crippen LogP contribution in [0.5, 0.6) is 5.75 Å². The van der Waals surface area contributed by atoms with Gasteiger partial charge in [-0.2, -0.15) is 13.2 Å². The summed E-state index contributed by atoms with van der Waals surface area (Å²) in [5.74, 6) is -0.423. The first-order valence-corrected chi connectivity index (χ1v) is 10.7. The molecule has 164 valence electrons. The molecular weight excluding hydrogens is 514 g/mol. The number of hydroxylamine groups is 2. The first-order valence-electron chi connectivity index (χ1n) is 9.16. The second-order valence-electron chi connectivity index (χ2n) is 6.90. The van der Waals surface area contributed by atoms with Crippen molar-refractivity contribution >= 4 is 56.2 Å². The summed E-state index contributed by atoms with van der Waals surface area (Å²) < 4.78 is 58.0. The molecule has 1 aliphatic rings. The van der Waals surface area contributed by atoms with Crippen LogP contribution < -0.4 is 10.2 Å². The lowest BCUT2D eigenvalue weighted by Gasteiger charge is -2.23. The van der Waals surface area contributed by atoms with E-state index in [1.54, 1.807) is 18.5 Å². The molecule has 4 aromatic rings. The molecular formula is C20H12BrF4N5OS. The number of anilines is 2. The molecule has 0 aliphatic carbocycles. The summed E-state index contributed by atoms with van der Waals surface area (Å²) in [5.41, 5.74) is 1.02. The van der Waals surface area contributed by atoms with E-state index in [0.717, 1.165) is 22.6 Å². The Labute approximate surface area is 190 Å². The van der Waals surface area contributed by atoms with Gasteiger partial charge in [-0.05, 0) is 57.8 Å². The summed E-state index contributed by atoms with van der Waals surface area (Å²) in [6, 6.07) is 6.16. The van der Waals surface area contributed by atoms with Crippen LogP contribution >= 0.6 is 27.5 Å². The summed E-state index contributed by atoms with van der Waals surface area (Å²) in [5, 5.41) is 4.36. The van der Waals surface area contributed by atoms with E-state index in [9.17, 15) is 17.6 Å². The molecule has 3 heterocycles. The summed E-state index contributed by atoms with van der Waals surface area (Å²) in [6.07, 6.45) is 0.793. The molecule has 0 radical (unpaired) electrons. The van der Waals surface area contributed by atoms with Crippen LogP contribution in [0.2, 0.25) is 0 Å². The number of hydrogen-bond donors (Lipinski definition) is 2. The molecule has 2 aromatic heterocycles. The number of aromatic nitrogens is 3. The average molecular weight is 526 g/mol. The monoisotopic (exact) mass is 525 g/mol. The Morgan fingerprint density at radius 1 is 1.22 bits per heavy atom. The maximum absolute atomic E-state index is 14.6. The van der Waals surface area contributed by atoms with Gasteiger partial charge in [0.2, 0.25) is 5.95 Å². The number of aromatic amines is 1. The molecule has 0 saturated heterocycles. The second-order valence-corrected chi connectivity index (χ2v) is 8.59. The number of halogens is 5. The lowest BCUT2D eigenvalue weighted by Crippen LogP contribution is -2.23. The van der Waals surface area contributed by atoms with Gasteiger partial charge in [0.25, 0.3) is 0 Å². The predicted octanol–water partition coefficient (Wildman–Crippen LogP) is 6.46. The lowest BCUT2D eigenvalue weighted by atomic mass is 10.2. The molecule has 0 unspecified atom stereocenters. The number of benzene rings is 2. The Bertz CT molecular complexity index is 1350. The topological polar surface area (TPSA) is 66.1 Å². The Kier molecular flexibility index (Phi) is 5.05. The molecule has 2 N–H and O–H groups in total. The van der Waals surface area contributed by atoms with Crippen LogP contribution in [0.1, 0.15) is 16.0 Å². The van der Waals surface area contributed by atoms with Crippen molar-refractivity contribution in [2.24, 2.45) is 0 Å². The number of H-pyrrole nitrogens is 1. The fraction of sp³-hybridized carbons (Fsp3) is 0.100. The smallest absolute Gasteiger partial charge is 0.377 e. The molecule has 5 rings (SSSR count). The normalized spacial score (nSPS) is 13.5. The quantitative estimate of drug-likeness (QED) is 0.299. The Morgan fingerprint density at radius 2 is 2.06 bits per heavy atom. The molecule has 0 bridgehead atoms. The minimum Gasteiger partial charge on any atom is -0.377 e. The molecule has 32 heavy (non-hydrogen) atoms. The van der Waals surface area contributed by atoms with E-state index in [1.807, 2.05) is 6.08 Å². The van der Waals surface area contributed by atoms with E-state index in [1.165, 1.54) is 28.7 Å². The van der Waals surface area contributed by atoms with Gasteiger partial charge in [0.05, 0.1) is 28.0 Å². The Morgan fingerprint density at radius 3 is 2.84 bits per heavy atom. The third kappa shape index (κ3) is 4.02. The minimum absolute atomic E-state index is 0.0222. The maximum atomic E-state index is 14.6. The second kappa shape index (κ2) is 7.78. The summed E-state index contributed by atoms with van der Waals surface area (Å²) in [6.45, 7) is 0.440. The number of alkyl halides is 3. The zero-order valence-corrected chi connectivity index (χ0v) is 18.3. The van der Waals surface area contributed by atoms with Gasteiger partial charge in [-0.1, -0.05) is 0 Å². The number of nitrogens with zero attached hydrogens (tertiary/aromatic N) is 3. The highest BCUT2D eigenvalue weighted by atomic mass is 79.9. The summed E-state index contributed by atoms with van der Waals surface area (Å²) >= 11 is 4.50. The summed E-state index contributed by atoms with van der Waals surface area (Å²) in [4.78, 5) is 13.7. The van der Waals surface area contributed by atoms with E-state index in [0.29, 0.717) is 17.7 Å². The van der Waals surface area contributed by atoms with Gasteiger partial charge < -0.3 is 15.1 Å². The number of fused-ring (bicyclic) bond motifs is 2. The van der Waals surface area contributed by atoms with E-state index in [4.69, 9.17) is 4.84 Å². The van der Waals surface area contributed by atoms with Crippen molar-refractivity contribution in [3.05, 3.63) is 69.0 Å². The van der Waals surface area contributed by atoms with Gasteiger partial charge in [-0.15, -0.1) is 0 Å². The highest BCUT2D eigenvalue weighted by Crippen LogP contribution is 2.35. The number of imidazole rings is 1. The largest absolute Gasteiger partial charge is 0.416 e. The van der Waals surface area contributed by atoms with Crippen molar-refractivity contribution < 1.29 is 22.4 Å². The molecule has 0 saturated carbocycles. The number of hydrogen-bond acceptors (Lipinski definition) is 6. The highest BCUT2D eigenvalue weighted by Gasteiger charge is 2.31. The van der Waals surface area contributed by atoms with Crippen LogP contribution in [-0.4, -0.2) is 19.4 Å². The van der Waals surface area contributed by atoms with Crippen LogP contribution in [-0.2, 0) is 12.7 Å². The molecule has 0 spiro atoms. The molecule has 6 nitrogen and oxygen atoms in total. The zero-order chi connectivity index (χ0) is 22.5. The first kappa shape index (κ1) is 20.8. The van der Waals surface area contributed by atoms with Gasteiger partial charge in [0, 0.05) is 34.2 Å². The van der Waals surface area contributed by atoms with Crippen molar-refractivity contribution in [2.45, 2.75) is 12.7 Å². The maximum Gasteiger partial charge on any atom is 0.416 e. The Hall–Kier alpha value is -3.12. The zero-order valence-electron chi connectivity index (χ0n) is 15.9. The van der Waals surface area contributed by atoms with Crippen LogP contribution in [0.25, 0.3) is 17.1 Å². The summed E-state index contributed by atoms with van der Waals surface area (Å²) in [7, 11) is 0. The third-order valence-corrected chi connectivity index (χ3v) is 6.11.